The van der Waals surface area contributed by atoms with Gasteiger partial charge < -0.3 is 11.1 Å². The van der Waals surface area contributed by atoms with E-state index in [9.17, 15) is 4.79 Å². The molecule has 6 heteroatoms. The van der Waals surface area contributed by atoms with Crippen LogP contribution in [0.5, 0.6) is 0 Å². The third-order valence-corrected chi connectivity index (χ3v) is 3.36. The quantitative estimate of drug-likeness (QED) is 0.756. The van der Waals surface area contributed by atoms with Crippen molar-refractivity contribution in [3.05, 3.63) is 48.2 Å². The van der Waals surface area contributed by atoms with E-state index < -0.39 is 5.91 Å². The van der Waals surface area contributed by atoms with Crippen LogP contribution in [0.2, 0.25) is 0 Å². The number of primary amides is 1. The van der Waals surface area contributed by atoms with Gasteiger partial charge in [-0.1, -0.05) is 19.1 Å². The molecule has 0 spiro atoms. The fraction of sp³-hybridized carbons (Fsp3) is 0.188. The SMILES string of the molecule is CCCNc1ccc2ncc(-c3cccc(C(N)=O)c3)n2n1. The lowest BCUT2D eigenvalue weighted by Crippen LogP contribution is -2.10. The minimum absolute atomic E-state index is 0.450. The molecule has 0 saturated carbocycles. The molecule has 0 unspecified atom stereocenters. The van der Waals surface area contributed by atoms with Crippen molar-refractivity contribution >= 4 is 17.4 Å². The van der Waals surface area contributed by atoms with Crippen molar-refractivity contribution in [3.63, 3.8) is 0 Å². The zero-order chi connectivity index (χ0) is 15.5. The van der Waals surface area contributed by atoms with Crippen LogP contribution in [0.25, 0.3) is 16.9 Å². The zero-order valence-corrected chi connectivity index (χ0v) is 12.3. The van der Waals surface area contributed by atoms with Crippen molar-refractivity contribution in [1.82, 2.24) is 14.6 Å². The molecule has 0 bridgehead atoms. The smallest absolute Gasteiger partial charge is 0.248 e. The van der Waals surface area contributed by atoms with E-state index in [-0.39, 0.29) is 0 Å². The Kier molecular flexibility index (Phi) is 3.74. The van der Waals surface area contributed by atoms with Gasteiger partial charge in [-0.3, -0.25) is 4.79 Å². The summed E-state index contributed by atoms with van der Waals surface area (Å²) in [6.07, 6.45) is 2.77. The zero-order valence-electron chi connectivity index (χ0n) is 12.3. The van der Waals surface area contributed by atoms with Crippen LogP contribution in [-0.2, 0) is 0 Å². The highest BCUT2D eigenvalue weighted by Gasteiger charge is 2.10. The Labute approximate surface area is 128 Å². The number of carbonyl (C=O) groups is 1. The molecule has 3 rings (SSSR count). The van der Waals surface area contributed by atoms with Crippen molar-refractivity contribution in [3.8, 4) is 11.3 Å². The number of benzene rings is 1. The largest absolute Gasteiger partial charge is 0.369 e. The maximum atomic E-state index is 11.3. The van der Waals surface area contributed by atoms with E-state index in [1.165, 1.54) is 0 Å². The van der Waals surface area contributed by atoms with Gasteiger partial charge in [0, 0.05) is 17.7 Å². The number of hydrogen-bond acceptors (Lipinski definition) is 4. The number of aromatic nitrogens is 3. The Morgan fingerprint density at radius 1 is 1.32 bits per heavy atom. The van der Waals surface area contributed by atoms with Gasteiger partial charge in [0.15, 0.2) is 5.65 Å². The van der Waals surface area contributed by atoms with Gasteiger partial charge in [0.25, 0.3) is 0 Å². The molecule has 6 nitrogen and oxygen atoms in total. The maximum absolute atomic E-state index is 11.3. The monoisotopic (exact) mass is 295 g/mol. The van der Waals surface area contributed by atoms with Gasteiger partial charge in [0.2, 0.25) is 5.91 Å². The minimum Gasteiger partial charge on any atom is -0.369 e. The Bertz CT molecular complexity index is 824. The summed E-state index contributed by atoms with van der Waals surface area (Å²) in [7, 11) is 0. The molecule has 1 amide bonds. The topological polar surface area (TPSA) is 85.3 Å². The fourth-order valence-corrected chi connectivity index (χ4v) is 2.25. The van der Waals surface area contributed by atoms with Gasteiger partial charge in [0.1, 0.15) is 5.82 Å². The van der Waals surface area contributed by atoms with Gasteiger partial charge in [-0.05, 0) is 30.7 Å². The number of carbonyl (C=O) groups excluding carboxylic acids is 1. The Hall–Kier alpha value is -2.89. The molecule has 3 N–H and O–H groups in total. The van der Waals surface area contributed by atoms with E-state index in [0.29, 0.717) is 5.56 Å². The summed E-state index contributed by atoms with van der Waals surface area (Å²) in [5.74, 6) is 0.341. The van der Waals surface area contributed by atoms with Gasteiger partial charge in [-0.25, -0.2) is 9.50 Å². The number of rotatable bonds is 5. The molecular weight excluding hydrogens is 278 g/mol. The van der Waals surface area contributed by atoms with Crippen molar-refractivity contribution in [1.29, 1.82) is 0 Å². The molecule has 2 heterocycles. The number of imidazole rings is 1. The summed E-state index contributed by atoms with van der Waals surface area (Å²) in [5.41, 5.74) is 8.23. The van der Waals surface area contributed by atoms with E-state index in [1.807, 2.05) is 18.2 Å². The molecule has 0 aliphatic rings. The standard InChI is InChI=1S/C16H17N5O/c1-2-8-18-14-6-7-15-19-10-13(21(15)20-14)11-4-3-5-12(9-11)16(17)22/h3-7,9-10H,2,8H2,1H3,(H2,17,22)(H,18,20). The predicted molar refractivity (Wildman–Crippen MR) is 85.7 cm³/mol. The summed E-state index contributed by atoms with van der Waals surface area (Å²) in [6, 6.07) is 11.0. The van der Waals surface area contributed by atoms with Crippen LogP contribution in [0, 0.1) is 0 Å². The Morgan fingerprint density at radius 3 is 2.95 bits per heavy atom. The third kappa shape index (κ3) is 2.63. The number of nitrogens with one attached hydrogen (secondary N) is 1. The normalized spacial score (nSPS) is 10.8. The van der Waals surface area contributed by atoms with Gasteiger partial charge in [0.05, 0.1) is 11.9 Å². The highest BCUT2D eigenvalue weighted by molar-refractivity contribution is 5.94. The first kappa shape index (κ1) is 14.1. The molecule has 0 radical (unpaired) electrons. The van der Waals surface area contributed by atoms with Gasteiger partial charge in [-0.15, -0.1) is 5.10 Å². The lowest BCUT2D eigenvalue weighted by atomic mass is 10.1. The number of anilines is 1. The predicted octanol–water partition coefficient (Wildman–Crippen LogP) is 2.32. The highest BCUT2D eigenvalue weighted by atomic mass is 16.1. The van der Waals surface area contributed by atoms with Crippen LogP contribution in [0.1, 0.15) is 23.7 Å². The summed E-state index contributed by atoms with van der Waals surface area (Å²) in [6.45, 7) is 2.96. The molecule has 2 aromatic heterocycles. The lowest BCUT2D eigenvalue weighted by Gasteiger charge is -2.06. The molecule has 112 valence electrons. The first-order valence-corrected chi connectivity index (χ1v) is 7.18. The van der Waals surface area contributed by atoms with E-state index >= 15 is 0 Å². The molecule has 0 fully saturated rings. The molecule has 0 aliphatic heterocycles. The molecule has 0 atom stereocenters. The Balaban J connectivity index is 2.06. The first-order valence-electron chi connectivity index (χ1n) is 7.18. The molecule has 0 aliphatic carbocycles. The van der Waals surface area contributed by atoms with Crippen LogP contribution in [0.4, 0.5) is 5.82 Å². The molecule has 1 aromatic carbocycles. The fourth-order valence-electron chi connectivity index (χ4n) is 2.25. The van der Waals surface area contributed by atoms with Crippen LogP contribution >= 0.6 is 0 Å². The van der Waals surface area contributed by atoms with Crippen LogP contribution in [-0.4, -0.2) is 27.0 Å². The average Bonchev–Trinajstić information content (AvgIpc) is 2.96. The van der Waals surface area contributed by atoms with E-state index in [2.05, 4.69) is 22.3 Å². The van der Waals surface area contributed by atoms with E-state index in [4.69, 9.17) is 5.73 Å². The lowest BCUT2D eigenvalue weighted by molar-refractivity contribution is 0.100. The second-order valence-corrected chi connectivity index (χ2v) is 5.00. The van der Waals surface area contributed by atoms with E-state index in [0.717, 1.165) is 35.7 Å². The van der Waals surface area contributed by atoms with Crippen molar-refractivity contribution in [2.45, 2.75) is 13.3 Å². The number of hydrogen-bond donors (Lipinski definition) is 2. The highest BCUT2D eigenvalue weighted by Crippen LogP contribution is 2.21. The number of fused-ring (bicyclic) bond motifs is 1. The summed E-state index contributed by atoms with van der Waals surface area (Å²) < 4.78 is 1.76. The van der Waals surface area contributed by atoms with Crippen LogP contribution in [0.3, 0.4) is 0 Å². The maximum Gasteiger partial charge on any atom is 0.248 e. The number of nitrogens with zero attached hydrogens (tertiary/aromatic N) is 3. The van der Waals surface area contributed by atoms with Crippen molar-refractivity contribution in [2.75, 3.05) is 11.9 Å². The second-order valence-electron chi connectivity index (χ2n) is 5.00. The van der Waals surface area contributed by atoms with Crippen molar-refractivity contribution in [2.24, 2.45) is 5.73 Å². The van der Waals surface area contributed by atoms with Crippen LogP contribution < -0.4 is 11.1 Å². The third-order valence-electron chi connectivity index (χ3n) is 3.36. The average molecular weight is 295 g/mol. The summed E-state index contributed by atoms with van der Waals surface area (Å²) in [4.78, 5) is 15.7. The Morgan fingerprint density at radius 2 is 2.18 bits per heavy atom. The van der Waals surface area contributed by atoms with Crippen molar-refractivity contribution < 1.29 is 4.79 Å². The summed E-state index contributed by atoms with van der Waals surface area (Å²) in [5, 5.41) is 7.80. The molecule has 22 heavy (non-hydrogen) atoms. The number of amides is 1. The molecule has 0 saturated heterocycles. The van der Waals surface area contributed by atoms with Gasteiger partial charge >= 0.3 is 0 Å². The first-order chi connectivity index (χ1) is 10.7. The second kappa shape index (κ2) is 5.85. The minimum atomic E-state index is -0.450. The number of nitrogens with two attached hydrogens (primary N) is 1. The van der Waals surface area contributed by atoms with Crippen LogP contribution in [0.15, 0.2) is 42.6 Å². The molecular formula is C16H17N5O. The molecule has 3 aromatic rings. The summed E-state index contributed by atoms with van der Waals surface area (Å²) >= 11 is 0. The van der Waals surface area contributed by atoms with E-state index in [1.54, 1.807) is 28.9 Å². The van der Waals surface area contributed by atoms with Gasteiger partial charge in [-0.2, -0.15) is 0 Å².